The molecule has 0 spiro atoms. The van der Waals surface area contributed by atoms with Gasteiger partial charge in [0.2, 0.25) is 0 Å². The summed E-state index contributed by atoms with van der Waals surface area (Å²) < 4.78 is 1.51. The van der Waals surface area contributed by atoms with Crippen LogP contribution in [0.5, 0.6) is 0 Å². The van der Waals surface area contributed by atoms with Gasteiger partial charge in [-0.1, -0.05) is 5.21 Å². The summed E-state index contributed by atoms with van der Waals surface area (Å²) in [5.74, 6) is -0.423. The van der Waals surface area contributed by atoms with E-state index in [2.05, 4.69) is 10.3 Å². The highest BCUT2D eigenvalue weighted by atomic mass is 16.1. The first-order valence-electron chi connectivity index (χ1n) is 3.91. The van der Waals surface area contributed by atoms with Crippen LogP contribution in [-0.4, -0.2) is 26.6 Å². The molecule has 0 bridgehead atoms. The number of rotatable bonds is 3. The van der Waals surface area contributed by atoms with Gasteiger partial charge in [0.1, 0.15) is 5.78 Å². The molecule has 0 saturated carbocycles. The summed E-state index contributed by atoms with van der Waals surface area (Å²) in [4.78, 5) is 22.0. The van der Waals surface area contributed by atoms with Gasteiger partial charge in [-0.2, -0.15) is 0 Å². The molecule has 0 amide bonds. The van der Waals surface area contributed by atoms with Crippen LogP contribution in [0.2, 0.25) is 0 Å². The Bertz CT molecular complexity index is 354. The summed E-state index contributed by atoms with van der Waals surface area (Å²) in [5, 5.41) is 7.36. The van der Waals surface area contributed by atoms with Crippen molar-refractivity contribution >= 4 is 11.6 Å². The van der Waals surface area contributed by atoms with Gasteiger partial charge in [-0.3, -0.25) is 14.3 Å². The summed E-state index contributed by atoms with van der Waals surface area (Å²) in [5.41, 5.74) is 0.976. The Morgan fingerprint density at radius 2 is 2.08 bits per heavy atom. The number of Topliss-reactive ketones (excluding diaryl/α,β-unsaturated/α-hetero) is 2. The predicted octanol–water partition coefficient (Wildman–Crippen LogP) is 0.285. The molecular weight excluding hydrogens is 170 g/mol. The molecule has 0 saturated heterocycles. The van der Waals surface area contributed by atoms with E-state index in [1.807, 2.05) is 0 Å². The molecule has 1 aromatic heterocycles. The van der Waals surface area contributed by atoms with E-state index >= 15 is 0 Å². The summed E-state index contributed by atoms with van der Waals surface area (Å²) in [7, 11) is 1.70. The van der Waals surface area contributed by atoms with Crippen LogP contribution in [0.4, 0.5) is 0 Å². The van der Waals surface area contributed by atoms with E-state index in [1.54, 1.807) is 14.0 Å². The van der Waals surface area contributed by atoms with Gasteiger partial charge in [-0.15, -0.1) is 5.10 Å². The normalized spacial score (nSPS) is 10.1. The maximum absolute atomic E-state index is 11.4. The molecule has 0 aliphatic rings. The first kappa shape index (κ1) is 9.57. The van der Waals surface area contributed by atoms with Gasteiger partial charge in [0.25, 0.3) is 0 Å². The van der Waals surface area contributed by atoms with E-state index in [9.17, 15) is 9.59 Å². The minimum absolute atomic E-state index is 0.0977. The third kappa shape index (κ3) is 1.99. The maximum Gasteiger partial charge on any atom is 0.192 e. The highest BCUT2D eigenvalue weighted by Crippen LogP contribution is 2.05. The van der Waals surface area contributed by atoms with Gasteiger partial charge in [-0.05, 0) is 13.8 Å². The molecule has 0 aliphatic carbocycles. The molecule has 1 heterocycles. The molecule has 70 valence electrons. The Labute approximate surface area is 75.7 Å². The van der Waals surface area contributed by atoms with Gasteiger partial charge in [0, 0.05) is 7.05 Å². The lowest BCUT2D eigenvalue weighted by molar-refractivity contribution is -0.116. The molecule has 0 fully saturated rings. The fourth-order valence-corrected chi connectivity index (χ4v) is 0.972. The van der Waals surface area contributed by atoms with Crippen LogP contribution in [0.15, 0.2) is 0 Å². The number of nitrogens with zero attached hydrogens (tertiary/aromatic N) is 3. The van der Waals surface area contributed by atoms with Crippen molar-refractivity contribution in [3.05, 3.63) is 11.4 Å². The Morgan fingerprint density at radius 3 is 2.46 bits per heavy atom. The maximum atomic E-state index is 11.4. The van der Waals surface area contributed by atoms with Crippen molar-refractivity contribution in [2.24, 2.45) is 7.05 Å². The lowest BCUT2D eigenvalue weighted by atomic mass is 10.1. The van der Waals surface area contributed by atoms with E-state index in [0.29, 0.717) is 5.69 Å². The average molecular weight is 181 g/mol. The van der Waals surface area contributed by atoms with Gasteiger partial charge < -0.3 is 0 Å². The van der Waals surface area contributed by atoms with Crippen molar-refractivity contribution < 1.29 is 9.59 Å². The Hall–Kier alpha value is -1.52. The topological polar surface area (TPSA) is 64.8 Å². The average Bonchev–Trinajstić information content (AvgIpc) is 2.31. The van der Waals surface area contributed by atoms with Gasteiger partial charge in [0.15, 0.2) is 11.5 Å². The van der Waals surface area contributed by atoms with E-state index in [0.717, 1.165) is 0 Å². The third-order valence-corrected chi connectivity index (χ3v) is 1.78. The van der Waals surface area contributed by atoms with Crippen molar-refractivity contribution in [3.8, 4) is 0 Å². The van der Waals surface area contributed by atoms with Crippen LogP contribution in [0, 0.1) is 6.92 Å². The number of aromatic nitrogens is 3. The summed E-state index contributed by atoms with van der Waals surface area (Å²) in [6.07, 6.45) is -0.0977. The van der Waals surface area contributed by atoms with Crippen molar-refractivity contribution in [1.29, 1.82) is 0 Å². The molecular formula is C8H11N3O2. The fourth-order valence-electron chi connectivity index (χ4n) is 0.972. The molecule has 5 heteroatoms. The lowest BCUT2D eigenvalue weighted by Gasteiger charge is -1.94. The summed E-state index contributed by atoms with van der Waals surface area (Å²) in [6.45, 7) is 3.12. The minimum Gasteiger partial charge on any atom is -0.300 e. The number of carbonyl (C=O) groups is 2. The van der Waals surface area contributed by atoms with Gasteiger partial charge in [-0.25, -0.2) is 0 Å². The molecule has 1 rings (SSSR count). The molecule has 5 nitrogen and oxygen atoms in total. The monoisotopic (exact) mass is 181 g/mol. The number of ketones is 2. The number of hydrogen-bond donors (Lipinski definition) is 0. The number of carbonyl (C=O) groups excluding carboxylic acids is 2. The minimum atomic E-state index is -0.266. The molecule has 0 aliphatic heterocycles. The Balaban J connectivity index is 2.89. The SMILES string of the molecule is CC(=O)CC(=O)c1nnn(C)c1C. The standard InChI is InChI=1S/C8H11N3O2/c1-5(12)4-7(13)8-6(2)11(3)10-9-8/h4H2,1-3H3. The summed E-state index contributed by atoms with van der Waals surface area (Å²) >= 11 is 0. The van der Waals surface area contributed by atoms with Gasteiger partial charge in [0.05, 0.1) is 12.1 Å². The third-order valence-electron chi connectivity index (χ3n) is 1.78. The van der Waals surface area contributed by atoms with Gasteiger partial charge >= 0.3 is 0 Å². The quantitative estimate of drug-likeness (QED) is 0.496. The predicted molar refractivity (Wildman–Crippen MR) is 45.4 cm³/mol. The molecule has 13 heavy (non-hydrogen) atoms. The highest BCUT2D eigenvalue weighted by molar-refractivity contribution is 6.06. The largest absolute Gasteiger partial charge is 0.300 e. The van der Waals surface area contributed by atoms with Crippen LogP contribution in [0.25, 0.3) is 0 Å². The second-order valence-corrected chi connectivity index (χ2v) is 2.95. The van der Waals surface area contributed by atoms with Crippen LogP contribution in [0.1, 0.15) is 29.5 Å². The van der Waals surface area contributed by atoms with Crippen molar-refractivity contribution in [2.75, 3.05) is 0 Å². The van der Waals surface area contributed by atoms with Crippen LogP contribution < -0.4 is 0 Å². The Kier molecular flexibility index (Phi) is 2.55. The highest BCUT2D eigenvalue weighted by Gasteiger charge is 2.15. The van der Waals surface area contributed by atoms with E-state index in [-0.39, 0.29) is 23.7 Å². The van der Waals surface area contributed by atoms with Crippen LogP contribution in [-0.2, 0) is 11.8 Å². The molecule has 0 unspecified atom stereocenters. The van der Waals surface area contributed by atoms with E-state index in [4.69, 9.17) is 0 Å². The Morgan fingerprint density at radius 1 is 1.46 bits per heavy atom. The molecule has 0 aromatic carbocycles. The second-order valence-electron chi connectivity index (χ2n) is 2.95. The van der Waals surface area contributed by atoms with Crippen molar-refractivity contribution in [2.45, 2.75) is 20.3 Å². The van der Waals surface area contributed by atoms with E-state index in [1.165, 1.54) is 11.6 Å². The summed E-state index contributed by atoms with van der Waals surface area (Å²) in [6, 6.07) is 0. The zero-order valence-corrected chi connectivity index (χ0v) is 7.87. The van der Waals surface area contributed by atoms with Crippen molar-refractivity contribution in [3.63, 3.8) is 0 Å². The second kappa shape index (κ2) is 3.47. The first-order valence-corrected chi connectivity index (χ1v) is 3.91. The smallest absolute Gasteiger partial charge is 0.192 e. The van der Waals surface area contributed by atoms with Crippen LogP contribution in [0.3, 0.4) is 0 Å². The van der Waals surface area contributed by atoms with Crippen LogP contribution >= 0.6 is 0 Å². The lowest BCUT2D eigenvalue weighted by Crippen LogP contribution is -2.07. The zero-order valence-electron chi connectivity index (χ0n) is 7.87. The van der Waals surface area contributed by atoms with Crippen molar-refractivity contribution in [1.82, 2.24) is 15.0 Å². The molecule has 1 aromatic rings. The fraction of sp³-hybridized carbons (Fsp3) is 0.500. The number of aryl methyl sites for hydroxylation is 1. The zero-order chi connectivity index (χ0) is 10.0. The van der Waals surface area contributed by atoms with E-state index < -0.39 is 0 Å². The first-order chi connectivity index (χ1) is 6.02. The molecule has 0 radical (unpaired) electrons. The number of hydrogen-bond acceptors (Lipinski definition) is 4. The molecule has 0 atom stereocenters. The molecule has 0 N–H and O–H groups in total.